The van der Waals surface area contributed by atoms with Crippen LogP contribution >= 0.6 is 0 Å². The van der Waals surface area contributed by atoms with Crippen molar-refractivity contribution in [2.75, 3.05) is 32.2 Å². The maximum Gasteiger partial charge on any atom is 0.337 e. The third-order valence-electron chi connectivity index (χ3n) is 5.52. The molecular weight excluding hydrogens is 424 g/mol. The molecule has 9 nitrogen and oxygen atoms in total. The highest BCUT2D eigenvalue weighted by molar-refractivity contribution is 6.04. The van der Waals surface area contributed by atoms with Crippen molar-refractivity contribution >= 4 is 22.7 Å². The smallest absolute Gasteiger partial charge is 0.337 e. The number of ether oxygens (including phenoxy) is 3. The van der Waals surface area contributed by atoms with Gasteiger partial charge in [0.2, 0.25) is 0 Å². The number of aromatic amines is 1. The van der Waals surface area contributed by atoms with Gasteiger partial charge in [-0.2, -0.15) is 0 Å². The number of methoxy groups -OCH3 is 1. The lowest BCUT2D eigenvalue weighted by Crippen LogP contribution is -2.16. The molecule has 0 spiro atoms. The van der Waals surface area contributed by atoms with E-state index in [1.807, 2.05) is 30.3 Å². The highest BCUT2D eigenvalue weighted by atomic mass is 16.6. The standard InChI is InChI=1S/C24H22N4O5/c1-31-20-11-22-21(32-6-7-33-22)9-15(20)4-5-25-23-10-18(27-13-28-23)14-2-3-16-17(24(29)30)12-26-19(16)8-14/h2-3,8-13,26H,4-7H2,1H3,(H,29,30)(H,25,27,28). The van der Waals surface area contributed by atoms with Gasteiger partial charge in [-0.1, -0.05) is 12.1 Å². The lowest BCUT2D eigenvalue weighted by molar-refractivity contribution is 0.0699. The van der Waals surface area contributed by atoms with E-state index >= 15 is 0 Å². The lowest BCUT2D eigenvalue weighted by atomic mass is 10.1. The largest absolute Gasteiger partial charge is 0.496 e. The van der Waals surface area contributed by atoms with E-state index in [0.29, 0.717) is 43.1 Å². The zero-order valence-corrected chi connectivity index (χ0v) is 17.9. The Morgan fingerprint density at radius 2 is 1.97 bits per heavy atom. The van der Waals surface area contributed by atoms with Gasteiger partial charge in [-0.05, 0) is 24.1 Å². The average Bonchev–Trinajstić information content (AvgIpc) is 3.27. The van der Waals surface area contributed by atoms with Crippen molar-refractivity contribution in [2.45, 2.75) is 6.42 Å². The summed E-state index contributed by atoms with van der Waals surface area (Å²) >= 11 is 0. The first-order valence-corrected chi connectivity index (χ1v) is 10.5. The van der Waals surface area contributed by atoms with Crippen molar-refractivity contribution in [1.82, 2.24) is 15.0 Å². The highest BCUT2D eigenvalue weighted by Crippen LogP contribution is 2.37. The first kappa shape index (κ1) is 20.6. The number of hydrogen-bond acceptors (Lipinski definition) is 7. The summed E-state index contributed by atoms with van der Waals surface area (Å²) in [5.41, 5.74) is 3.59. The molecule has 168 valence electrons. The zero-order chi connectivity index (χ0) is 22.8. The number of nitrogens with zero attached hydrogens (tertiary/aromatic N) is 2. The van der Waals surface area contributed by atoms with E-state index in [1.54, 1.807) is 13.2 Å². The molecule has 0 fully saturated rings. The first-order chi connectivity index (χ1) is 16.1. The Balaban J connectivity index is 1.30. The predicted molar refractivity (Wildman–Crippen MR) is 122 cm³/mol. The van der Waals surface area contributed by atoms with Crippen molar-refractivity contribution in [3.8, 4) is 28.5 Å². The number of benzene rings is 2. The number of hydrogen-bond donors (Lipinski definition) is 3. The van der Waals surface area contributed by atoms with Crippen LogP contribution in [0.25, 0.3) is 22.2 Å². The Labute approximate surface area is 189 Å². The summed E-state index contributed by atoms with van der Waals surface area (Å²) in [6.45, 7) is 1.70. The Morgan fingerprint density at radius 1 is 1.15 bits per heavy atom. The van der Waals surface area contributed by atoms with Gasteiger partial charge in [-0.3, -0.25) is 0 Å². The molecule has 0 atom stereocenters. The minimum atomic E-state index is -0.961. The minimum absolute atomic E-state index is 0.246. The van der Waals surface area contributed by atoms with Crippen molar-refractivity contribution in [3.05, 3.63) is 60.0 Å². The molecule has 0 saturated carbocycles. The summed E-state index contributed by atoms with van der Waals surface area (Å²) in [5.74, 6) is 1.91. The van der Waals surface area contributed by atoms with E-state index in [0.717, 1.165) is 33.8 Å². The SMILES string of the molecule is COc1cc2c(cc1CCNc1cc(-c3ccc4c(C(=O)O)c[nH]c4c3)ncn1)OCCO2. The van der Waals surface area contributed by atoms with Gasteiger partial charge in [-0.15, -0.1) is 0 Å². The van der Waals surface area contributed by atoms with Crippen molar-refractivity contribution < 1.29 is 24.1 Å². The van der Waals surface area contributed by atoms with Crippen LogP contribution in [-0.2, 0) is 6.42 Å². The number of aromatic nitrogens is 3. The second kappa shape index (κ2) is 8.70. The van der Waals surface area contributed by atoms with Crippen molar-refractivity contribution in [3.63, 3.8) is 0 Å². The van der Waals surface area contributed by atoms with E-state index < -0.39 is 5.97 Å². The fourth-order valence-electron chi connectivity index (χ4n) is 3.90. The molecule has 5 rings (SSSR count). The number of aromatic carboxylic acids is 1. The Hall–Kier alpha value is -4.27. The van der Waals surface area contributed by atoms with Crippen molar-refractivity contribution in [2.24, 2.45) is 0 Å². The van der Waals surface area contributed by atoms with Gasteiger partial charge in [-0.25, -0.2) is 14.8 Å². The minimum Gasteiger partial charge on any atom is -0.496 e. The van der Waals surface area contributed by atoms with Gasteiger partial charge in [0.25, 0.3) is 0 Å². The second-order valence-electron chi connectivity index (χ2n) is 7.54. The van der Waals surface area contributed by atoms with Gasteiger partial charge < -0.3 is 29.6 Å². The summed E-state index contributed by atoms with van der Waals surface area (Å²) in [7, 11) is 1.64. The maximum atomic E-state index is 11.3. The molecule has 4 aromatic rings. The van der Waals surface area contributed by atoms with Gasteiger partial charge in [0.15, 0.2) is 11.5 Å². The summed E-state index contributed by atoms with van der Waals surface area (Å²) in [5, 5.41) is 13.3. The lowest BCUT2D eigenvalue weighted by Gasteiger charge is -2.20. The van der Waals surface area contributed by atoms with Crippen LogP contribution in [-0.4, -0.2) is 52.9 Å². The second-order valence-corrected chi connectivity index (χ2v) is 7.54. The van der Waals surface area contributed by atoms with E-state index in [4.69, 9.17) is 14.2 Å². The average molecular weight is 446 g/mol. The van der Waals surface area contributed by atoms with Crippen LogP contribution in [0.5, 0.6) is 17.2 Å². The van der Waals surface area contributed by atoms with Gasteiger partial charge in [0.05, 0.1) is 18.4 Å². The number of fused-ring (bicyclic) bond motifs is 2. The number of rotatable bonds is 7. The molecule has 3 N–H and O–H groups in total. The molecule has 9 heteroatoms. The molecule has 0 aliphatic carbocycles. The molecule has 2 aromatic heterocycles. The molecule has 3 heterocycles. The topological polar surface area (TPSA) is 119 Å². The number of carboxylic acids is 1. The third-order valence-corrected chi connectivity index (χ3v) is 5.52. The fraction of sp³-hybridized carbons (Fsp3) is 0.208. The predicted octanol–water partition coefficient (Wildman–Crippen LogP) is 3.76. The van der Waals surface area contributed by atoms with Crippen LogP contribution in [0.1, 0.15) is 15.9 Å². The summed E-state index contributed by atoms with van der Waals surface area (Å²) < 4.78 is 16.8. The number of anilines is 1. The Bertz CT molecular complexity index is 1330. The summed E-state index contributed by atoms with van der Waals surface area (Å²) in [6, 6.07) is 11.2. The van der Waals surface area contributed by atoms with E-state index in [1.165, 1.54) is 12.5 Å². The maximum absolute atomic E-state index is 11.3. The molecule has 0 unspecified atom stereocenters. The number of H-pyrrole nitrogens is 1. The quantitative estimate of drug-likeness (QED) is 0.393. The molecule has 0 amide bonds. The molecule has 0 bridgehead atoms. The van der Waals surface area contributed by atoms with E-state index in [2.05, 4.69) is 20.3 Å². The summed E-state index contributed by atoms with van der Waals surface area (Å²) in [4.78, 5) is 23.0. The van der Waals surface area contributed by atoms with Crippen LogP contribution in [0.4, 0.5) is 5.82 Å². The van der Waals surface area contributed by atoms with Gasteiger partial charge in [0, 0.05) is 41.3 Å². The molecule has 0 radical (unpaired) electrons. The van der Waals surface area contributed by atoms with Crippen LogP contribution in [0, 0.1) is 0 Å². The van der Waals surface area contributed by atoms with E-state index in [9.17, 15) is 9.90 Å². The molecule has 1 aliphatic rings. The number of nitrogens with one attached hydrogen (secondary N) is 2. The van der Waals surface area contributed by atoms with Gasteiger partial charge >= 0.3 is 5.97 Å². The number of carboxylic acid groups (broad SMARTS) is 1. The summed E-state index contributed by atoms with van der Waals surface area (Å²) in [6.07, 6.45) is 3.70. The van der Waals surface area contributed by atoms with Crippen LogP contribution in [0.3, 0.4) is 0 Å². The fourth-order valence-corrected chi connectivity index (χ4v) is 3.90. The molecule has 0 saturated heterocycles. The van der Waals surface area contributed by atoms with Crippen LogP contribution < -0.4 is 19.5 Å². The first-order valence-electron chi connectivity index (χ1n) is 10.5. The molecule has 33 heavy (non-hydrogen) atoms. The number of carbonyl (C=O) groups is 1. The Morgan fingerprint density at radius 3 is 2.76 bits per heavy atom. The van der Waals surface area contributed by atoms with Crippen molar-refractivity contribution in [1.29, 1.82) is 0 Å². The zero-order valence-electron chi connectivity index (χ0n) is 17.9. The Kier molecular flexibility index (Phi) is 5.43. The van der Waals surface area contributed by atoms with Crippen LogP contribution in [0.2, 0.25) is 0 Å². The van der Waals surface area contributed by atoms with Gasteiger partial charge in [0.1, 0.15) is 31.1 Å². The molecule has 1 aliphatic heterocycles. The third kappa shape index (κ3) is 4.12. The molecular formula is C24H22N4O5. The van der Waals surface area contributed by atoms with Crippen LogP contribution in [0.15, 0.2) is 48.9 Å². The highest BCUT2D eigenvalue weighted by Gasteiger charge is 2.16. The molecule has 2 aromatic carbocycles. The monoisotopic (exact) mass is 446 g/mol. The van der Waals surface area contributed by atoms with E-state index in [-0.39, 0.29) is 5.56 Å². The normalized spacial score (nSPS) is 12.5.